The first-order valence-corrected chi connectivity index (χ1v) is 8.30. The maximum Gasteiger partial charge on any atom is 0.221 e. The van der Waals surface area contributed by atoms with Gasteiger partial charge in [-0.15, -0.1) is 0 Å². The molecule has 0 bridgehead atoms. The molecular weight excluding hydrogens is 302 g/mol. The summed E-state index contributed by atoms with van der Waals surface area (Å²) in [5.74, 6) is -0.0968. The standard InChI is InChI=1S/C18H21N5O/c1-4-18(3)7-12-16(8-18)22-23-17(12)11-5-14(20-10(2)24)13-9-19-21-15(13)6-11/h5-6,9H,4,7-8H2,1-3H3,(H,19,21)(H,20,24)(H,22,23). The van der Waals surface area contributed by atoms with Gasteiger partial charge in [-0.05, 0) is 30.4 Å². The third kappa shape index (κ3) is 2.29. The molecule has 3 aromatic rings. The summed E-state index contributed by atoms with van der Waals surface area (Å²) in [6, 6.07) is 4.03. The van der Waals surface area contributed by atoms with Crippen molar-refractivity contribution in [3.63, 3.8) is 0 Å². The Hall–Kier alpha value is -2.63. The second-order valence-corrected chi connectivity index (χ2v) is 7.08. The molecular formula is C18H21N5O. The molecule has 1 aromatic carbocycles. The van der Waals surface area contributed by atoms with Crippen LogP contribution in [0.2, 0.25) is 0 Å². The van der Waals surface area contributed by atoms with Crippen molar-refractivity contribution in [1.82, 2.24) is 20.4 Å². The molecule has 1 atom stereocenters. The quantitative estimate of drug-likeness (QED) is 0.690. The molecule has 6 heteroatoms. The zero-order valence-corrected chi connectivity index (χ0v) is 14.2. The van der Waals surface area contributed by atoms with Crippen LogP contribution in [0, 0.1) is 5.41 Å². The highest BCUT2D eigenvalue weighted by Gasteiger charge is 2.35. The van der Waals surface area contributed by atoms with Crippen LogP contribution in [0.15, 0.2) is 18.3 Å². The second-order valence-electron chi connectivity index (χ2n) is 7.08. The van der Waals surface area contributed by atoms with Crippen LogP contribution < -0.4 is 5.32 Å². The van der Waals surface area contributed by atoms with Crippen molar-refractivity contribution in [1.29, 1.82) is 0 Å². The minimum atomic E-state index is -0.0968. The molecule has 2 heterocycles. The Balaban J connectivity index is 1.83. The first-order valence-electron chi connectivity index (χ1n) is 8.30. The van der Waals surface area contributed by atoms with Gasteiger partial charge in [-0.2, -0.15) is 10.2 Å². The summed E-state index contributed by atoms with van der Waals surface area (Å²) in [7, 11) is 0. The van der Waals surface area contributed by atoms with Crippen molar-refractivity contribution in [2.24, 2.45) is 5.41 Å². The Kier molecular flexibility index (Phi) is 3.23. The second kappa shape index (κ2) is 5.19. The third-order valence-corrected chi connectivity index (χ3v) is 5.16. The van der Waals surface area contributed by atoms with Crippen LogP contribution in [-0.4, -0.2) is 26.3 Å². The van der Waals surface area contributed by atoms with E-state index in [0.717, 1.165) is 47.1 Å². The van der Waals surface area contributed by atoms with Gasteiger partial charge < -0.3 is 5.32 Å². The number of carbonyl (C=O) groups excluding carboxylic acids is 1. The van der Waals surface area contributed by atoms with Crippen molar-refractivity contribution in [3.05, 3.63) is 29.6 Å². The number of nitrogens with one attached hydrogen (secondary N) is 3. The van der Waals surface area contributed by atoms with Crippen LogP contribution in [0.4, 0.5) is 5.69 Å². The van der Waals surface area contributed by atoms with E-state index in [1.54, 1.807) is 6.20 Å². The predicted octanol–water partition coefficient (Wildman–Crippen LogP) is 3.43. The molecule has 1 aliphatic rings. The first-order chi connectivity index (χ1) is 11.5. The average molecular weight is 323 g/mol. The Morgan fingerprint density at radius 2 is 2.17 bits per heavy atom. The molecule has 4 rings (SSSR count). The number of nitrogens with zero attached hydrogens (tertiary/aromatic N) is 2. The van der Waals surface area contributed by atoms with E-state index < -0.39 is 0 Å². The van der Waals surface area contributed by atoms with Crippen LogP contribution in [-0.2, 0) is 17.6 Å². The molecule has 24 heavy (non-hydrogen) atoms. The van der Waals surface area contributed by atoms with E-state index >= 15 is 0 Å². The van der Waals surface area contributed by atoms with Crippen molar-refractivity contribution in [3.8, 4) is 11.3 Å². The van der Waals surface area contributed by atoms with E-state index in [1.165, 1.54) is 18.2 Å². The normalized spacial score (nSPS) is 19.6. The lowest BCUT2D eigenvalue weighted by Gasteiger charge is -2.20. The molecule has 0 aliphatic heterocycles. The van der Waals surface area contributed by atoms with Crippen LogP contribution in [0.25, 0.3) is 22.2 Å². The zero-order chi connectivity index (χ0) is 16.9. The molecule has 0 spiro atoms. The fourth-order valence-electron chi connectivity index (χ4n) is 3.62. The summed E-state index contributed by atoms with van der Waals surface area (Å²) in [6.45, 7) is 6.08. The fourth-order valence-corrected chi connectivity index (χ4v) is 3.62. The Bertz CT molecular complexity index is 938. The summed E-state index contributed by atoms with van der Waals surface area (Å²) in [4.78, 5) is 11.5. The largest absolute Gasteiger partial charge is 0.326 e. The molecule has 124 valence electrons. The van der Waals surface area contributed by atoms with Gasteiger partial charge in [0.05, 0.1) is 23.1 Å². The molecule has 1 unspecified atom stereocenters. The van der Waals surface area contributed by atoms with Crippen LogP contribution in [0.1, 0.15) is 38.4 Å². The van der Waals surface area contributed by atoms with Gasteiger partial charge in [0.2, 0.25) is 5.91 Å². The SMILES string of the molecule is CCC1(C)Cc2[nH]nc(-c3cc(NC(C)=O)c4cn[nH]c4c3)c2C1. The zero-order valence-electron chi connectivity index (χ0n) is 14.2. The Morgan fingerprint density at radius 1 is 1.33 bits per heavy atom. The molecule has 0 radical (unpaired) electrons. The van der Waals surface area contributed by atoms with Crippen LogP contribution in [0.5, 0.6) is 0 Å². The van der Waals surface area contributed by atoms with Gasteiger partial charge in [-0.3, -0.25) is 15.0 Å². The number of hydrogen-bond donors (Lipinski definition) is 3. The summed E-state index contributed by atoms with van der Waals surface area (Å²) in [5.41, 5.74) is 6.46. The molecule has 0 saturated heterocycles. The Labute approximate surface area is 140 Å². The lowest BCUT2D eigenvalue weighted by atomic mass is 9.84. The van der Waals surface area contributed by atoms with E-state index in [9.17, 15) is 4.79 Å². The number of rotatable bonds is 3. The summed E-state index contributed by atoms with van der Waals surface area (Å²) in [5, 5.41) is 18.6. The molecule has 3 N–H and O–H groups in total. The van der Waals surface area contributed by atoms with Gasteiger partial charge in [-0.1, -0.05) is 20.3 Å². The minimum absolute atomic E-state index is 0.0968. The van der Waals surface area contributed by atoms with Gasteiger partial charge in [-0.25, -0.2) is 0 Å². The highest BCUT2D eigenvalue weighted by molar-refractivity contribution is 6.02. The number of aromatic amines is 2. The van der Waals surface area contributed by atoms with E-state index in [1.807, 2.05) is 12.1 Å². The van der Waals surface area contributed by atoms with Gasteiger partial charge in [0.25, 0.3) is 0 Å². The van der Waals surface area contributed by atoms with Crippen molar-refractivity contribution in [2.75, 3.05) is 5.32 Å². The maximum absolute atomic E-state index is 11.5. The van der Waals surface area contributed by atoms with Crippen molar-refractivity contribution < 1.29 is 4.79 Å². The number of anilines is 1. The lowest BCUT2D eigenvalue weighted by Crippen LogP contribution is -2.15. The van der Waals surface area contributed by atoms with E-state index in [0.29, 0.717) is 5.41 Å². The summed E-state index contributed by atoms with van der Waals surface area (Å²) < 4.78 is 0. The number of amides is 1. The number of benzene rings is 1. The first kappa shape index (κ1) is 14.9. The number of hydrogen-bond acceptors (Lipinski definition) is 3. The minimum Gasteiger partial charge on any atom is -0.326 e. The van der Waals surface area contributed by atoms with Gasteiger partial charge >= 0.3 is 0 Å². The van der Waals surface area contributed by atoms with E-state index in [-0.39, 0.29) is 5.91 Å². The van der Waals surface area contributed by atoms with Gasteiger partial charge in [0.15, 0.2) is 0 Å². The van der Waals surface area contributed by atoms with Gasteiger partial charge in [0, 0.05) is 29.1 Å². The van der Waals surface area contributed by atoms with Crippen LogP contribution in [0.3, 0.4) is 0 Å². The molecule has 0 saturated carbocycles. The summed E-state index contributed by atoms with van der Waals surface area (Å²) >= 11 is 0. The predicted molar refractivity (Wildman–Crippen MR) is 93.8 cm³/mol. The maximum atomic E-state index is 11.5. The number of H-pyrrole nitrogens is 2. The monoisotopic (exact) mass is 323 g/mol. The Morgan fingerprint density at radius 3 is 2.92 bits per heavy atom. The number of carbonyl (C=O) groups is 1. The fraction of sp³-hybridized carbons (Fsp3) is 0.389. The van der Waals surface area contributed by atoms with Crippen molar-refractivity contribution >= 4 is 22.5 Å². The number of fused-ring (bicyclic) bond motifs is 2. The molecule has 1 aliphatic carbocycles. The summed E-state index contributed by atoms with van der Waals surface area (Å²) in [6.07, 6.45) is 4.94. The smallest absolute Gasteiger partial charge is 0.221 e. The molecule has 0 fully saturated rings. The lowest BCUT2D eigenvalue weighted by molar-refractivity contribution is -0.114. The van der Waals surface area contributed by atoms with E-state index in [2.05, 4.69) is 39.6 Å². The van der Waals surface area contributed by atoms with E-state index in [4.69, 9.17) is 0 Å². The highest BCUT2D eigenvalue weighted by atomic mass is 16.1. The van der Waals surface area contributed by atoms with Crippen molar-refractivity contribution in [2.45, 2.75) is 40.0 Å². The topological polar surface area (TPSA) is 86.5 Å². The highest BCUT2D eigenvalue weighted by Crippen LogP contribution is 2.42. The molecule has 6 nitrogen and oxygen atoms in total. The van der Waals surface area contributed by atoms with Gasteiger partial charge in [0.1, 0.15) is 0 Å². The molecule has 2 aromatic heterocycles. The molecule has 1 amide bonds. The third-order valence-electron chi connectivity index (χ3n) is 5.16. The number of aromatic nitrogens is 4. The van der Waals surface area contributed by atoms with Crippen LogP contribution >= 0.6 is 0 Å². The average Bonchev–Trinajstić information content (AvgIpc) is 3.20.